The second-order valence-corrected chi connectivity index (χ2v) is 23.6. The van der Waals surface area contributed by atoms with Gasteiger partial charge in [-0.05, 0) is 84.7 Å². The van der Waals surface area contributed by atoms with Crippen molar-refractivity contribution in [2.75, 3.05) is 97.1 Å². The van der Waals surface area contributed by atoms with E-state index >= 15 is 9.59 Å². The van der Waals surface area contributed by atoms with E-state index in [1.54, 1.807) is 7.05 Å². The van der Waals surface area contributed by atoms with Crippen LogP contribution >= 0.6 is 12.2 Å². The van der Waals surface area contributed by atoms with E-state index in [0.717, 1.165) is 21.2 Å². The Morgan fingerprint density at radius 1 is 0.457 bits per heavy atom. The van der Waals surface area contributed by atoms with E-state index in [2.05, 4.69) is 9.80 Å². The molecule has 3 fully saturated rings. The minimum Gasteiger partial charge on any atom is -0.452 e. The summed E-state index contributed by atoms with van der Waals surface area (Å²) >= 11 is 6.00. The van der Waals surface area contributed by atoms with Crippen LogP contribution in [0.3, 0.4) is 0 Å². The zero-order valence-corrected chi connectivity index (χ0v) is 50.5. The number of carbonyl (C=O) groups excluding carboxylic acids is 7. The molecule has 3 heterocycles. The van der Waals surface area contributed by atoms with Gasteiger partial charge in [0.05, 0.1) is 26.4 Å². The molecular formula is C59H90N8O13S. The van der Waals surface area contributed by atoms with Crippen LogP contribution in [0.4, 0.5) is 11.4 Å². The van der Waals surface area contributed by atoms with E-state index < -0.39 is 90.3 Å². The van der Waals surface area contributed by atoms with Crippen LogP contribution in [0, 0.1) is 23.7 Å². The Morgan fingerprint density at radius 3 is 1.07 bits per heavy atom. The molecule has 1 unspecified atom stereocenters. The largest absolute Gasteiger partial charge is 0.452 e. The van der Waals surface area contributed by atoms with Crippen LogP contribution in [0.5, 0.6) is 0 Å². The quantitative estimate of drug-likeness (QED) is 0.146. The molecule has 8 atom stereocenters. The Kier molecular flexibility index (Phi) is 25.1. The second-order valence-electron chi connectivity index (χ2n) is 23.2. The molecule has 0 bridgehead atoms. The molecule has 3 amide bonds. The fourth-order valence-corrected chi connectivity index (χ4v) is 10.4. The standard InChI is InChI=1S/C59H90N8O13S/c1-36(2)29-44-57(72)79-50(35-60)55(81)65(12)47(32-39(7)8)58(73)78-49(34-41-15-19-43(20-16-41)67-23-27-76-28-24-67)53(69)63(10)46(31-38(5)6)59(74)80-51(61)54(70)64(11)45(30-37(3)4)56(71)77-48(52(68)62(44)9)33-40-13-17-42(18-14-40)66-21-25-75-26-22-66/h13-20,36-39,44-51H,21-35,60-61H2,1-12H3/t44-,45-,46-,47-,48+,49+,50?,51-/m1/s1. The van der Waals surface area contributed by atoms with E-state index in [1.165, 1.54) is 30.9 Å². The van der Waals surface area contributed by atoms with E-state index in [9.17, 15) is 24.0 Å². The predicted molar refractivity (Wildman–Crippen MR) is 311 cm³/mol. The third-order valence-corrected chi connectivity index (χ3v) is 15.4. The maximum absolute atomic E-state index is 15.1. The SMILES string of the molecule is CC(C)C[C@@H]1C(=O)O[C@@H](Cc2ccc(N3CCOCC3)cc2)C(=O)N(C)[C@H](CC(C)C)C(=O)OC(CN)C(=S)N(C)[C@H](CC(C)C)C(=O)O[C@@H](Cc2ccc(N3CCOCC3)cc2)C(=O)N(C)[C@H](CC(C)C)C(=O)O[C@@H](N)C(=O)N1C. The smallest absolute Gasteiger partial charge is 0.330 e. The Bertz CT molecular complexity index is 2360. The van der Waals surface area contributed by atoms with Gasteiger partial charge in [-0.2, -0.15) is 0 Å². The molecule has 5 rings (SSSR count). The summed E-state index contributed by atoms with van der Waals surface area (Å²) in [5.74, 6) is -6.77. The number of amides is 3. The Balaban J connectivity index is 1.60. The number of anilines is 2. The van der Waals surface area contributed by atoms with Gasteiger partial charge in [0, 0.05) is 85.1 Å². The average Bonchev–Trinajstić information content (AvgIpc) is 3.44. The van der Waals surface area contributed by atoms with Crippen LogP contribution in [0.15, 0.2) is 48.5 Å². The van der Waals surface area contributed by atoms with Gasteiger partial charge in [0.1, 0.15) is 29.2 Å². The van der Waals surface area contributed by atoms with Crippen molar-refractivity contribution in [3.63, 3.8) is 0 Å². The third kappa shape index (κ3) is 18.5. The summed E-state index contributed by atoms with van der Waals surface area (Å²) in [6.07, 6.45) is -6.11. The lowest BCUT2D eigenvalue weighted by molar-refractivity contribution is -0.174. The van der Waals surface area contributed by atoms with Crippen molar-refractivity contribution in [3.8, 4) is 0 Å². The molecule has 81 heavy (non-hydrogen) atoms. The molecule has 3 aliphatic rings. The number of carbonyl (C=O) groups is 7. The molecule has 450 valence electrons. The number of nitrogens with two attached hydrogens (primary N) is 2. The molecule has 0 spiro atoms. The highest BCUT2D eigenvalue weighted by Crippen LogP contribution is 2.26. The van der Waals surface area contributed by atoms with Gasteiger partial charge in [-0.3, -0.25) is 20.1 Å². The lowest BCUT2D eigenvalue weighted by Crippen LogP contribution is -2.56. The number of cyclic esters (lactones) is 4. The van der Waals surface area contributed by atoms with Crippen LogP contribution in [-0.4, -0.2) is 202 Å². The van der Waals surface area contributed by atoms with Crippen LogP contribution in [0.2, 0.25) is 0 Å². The monoisotopic (exact) mass is 1150 g/mol. The minimum absolute atomic E-state index is 0.0165. The Hall–Kier alpha value is -5.94. The van der Waals surface area contributed by atoms with Gasteiger partial charge in [-0.1, -0.05) is 91.9 Å². The first-order valence-corrected chi connectivity index (χ1v) is 28.9. The summed E-state index contributed by atoms with van der Waals surface area (Å²) in [6.45, 7) is 19.7. The van der Waals surface area contributed by atoms with Crippen LogP contribution in [-0.2, 0) is 74.8 Å². The second kappa shape index (κ2) is 30.9. The van der Waals surface area contributed by atoms with E-state index in [-0.39, 0.29) is 73.7 Å². The average molecular weight is 1150 g/mol. The lowest BCUT2D eigenvalue weighted by atomic mass is 10.00. The maximum Gasteiger partial charge on any atom is 0.330 e. The van der Waals surface area contributed by atoms with Crippen molar-refractivity contribution in [2.24, 2.45) is 35.1 Å². The number of ether oxygens (including phenoxy) is 6. The zero-order chi connectivity index (χ0) is 59.8. The molecule has 3 aliphatic heterocycles. The number of likely N-dealkylation sites (N-methyl/N-ethyl adjacent to an activating group) is 4. The van der Waals surface area contributed by atoms with Gasteiger partial charge in [-0.25, -0.2) is 19.2 Å². The van der Waals surface area contributed by atoms with Crippen molar-refractivity contribution in [2.45, 2.75) is 143 Å². The summed E-state index contributed by atoms with van der Waals surface area (Å²) in [4.78, 5) is 112. The number of hydrogen-bond acceptors (Lipinski definition) is 18. The predicted octanol–water partition coefficient (Wildman–Crippen LogP) is 3.97. The van der Waals surface area contributed by atoms with Gasteiger partial charge in [0.25, 0.3) is 17.7 Å². The van der Waals surface area contributed by atoms with Crippen molar-refractivity contribution in [1.29, 1.82) is 0 Å². The topological polar surface area (TPSA) is 246 Å². The number of rotatable bonds is 15. The van der Waals surface area contributed by atoms with E-state index in [1.807, 2.05) is 104 Å². The van der Waals surface area contributed by atoms with Gasteiger partial charge in [0.2, 0.25) is 6.23 Å². The van der Waals surface area contributed by atoms with Gasteiger partial charge in [-0.15, -0.1) is 0 Å². The normalized spacial score (nSPS) is 25.4. The molecule has 2 aromatic carbocycles. The highest BCUT2D eigenvalue weighted by Gasteiger charge is 2.43. The lowest BCUT2D eigenvalue weighted by Gasteiger charge is -2.36. The van der Waals surface area contributed by atoms with Gasteiger partial charge < -0.3 is 63.6 Å². The number of morpholine rings is 2. The molecule has 0 aromatic heterocycles. The number of benzene rings is 2. The van der Waals surface area contributed by atoms with E-state index in [0.29, 0.717) is 63.7 Å². The summed E-state index contributed by atoms with van der Waals surface area (Å²) < 4.78 is 35.4. The molecule has 0 aliphatic carbocycles. The molecule has 22 heteroatoms. The van der Waals surface area contributed by atoms with Crippen molar-refractivity contribution in [1.82, 2.24) is 19.6 Å². The molecule has 3 saturated heterocycles. The van der Waals surface area contributed by atoms with Crippen LogP contribution in [0.1, 0.15) is 92.2 Å². The number of nitrogens with zero attached hydrogens (tertiary/aromatic N) is 6. The number of thiocarbonyl (C=S) groups is 1. The molecule has 4 N–H and O–H groups in total. The summed E-state index contributed by atoms with van der Waals surface area (Å²) in [5.41, 5.74) is 15.9. The summed E-state index contributed by atoms with van der Waals surface area (Å²) in [7, 11) is 5.70. The molecule has 21 nitrogen and oxygen atoms in total. The summed E-state index contributed by atoms with van der Waals surface area (Å²) in [6, 6.07) is 9.96. The zero-order valence-electron chi connectivity index (χ0n) is 49.7. The highest BCUT2D eigenvalue weighted by molar-refractivity contribution is 7.80. The first kappa shape index (κ1) is 65.9. The van der Waals surface area contributed by atoms with Crippen molar-refractivity contribution >= 4 is 70.2 Å². The number of esters is 4. The number of hydrogen-bond donors (Lipinski definition) is 2. The van der Waals surface area contributed by atoms with Crippen molar-refractivity contribution < 1.29 is 62.0 Å². The molecular weight excluding hydrogens is 1060 g/mol. The van der Waals surface area contributed by atoms with Gasteiger partial charge in [0.15, 0.2) is 18.3 Å². The van der Waals surface area contributed by atoms with Gasteiger partial charge >= 0.3 is 23.9 Å². The molecule has 2 aromatic rings. The Labute approximate surface area is 484 Å². The fourth-order valence-electron chi connectivity index (χ4n) is 10.2. The maximum atomic E-state index is 15.1. The summed E-state index contributed by atoms with van der Waals surface area (Å²) in [5, 5.41) is 0. The van der Waals surface area contributed by atoms with E-state index in [4.69, 9.17) is 52.1 Å². The molecule has 0 radical (unpaired) electrons. The Morgan fingerprint density at radius 2 is 0.753 bits per heavy atom. The first-order chi connectivity index (χ1) is 38.3. The van der Waals surface area contributed by atoms with Crippen molar-refractivity contribution in [3.05, 3.63) is 59.7 Å². The molecule has 0 saturated carbocycles. The third-order valence-electron chi connectivity index (χ3n) is 14.9. The fraction of sp³-hybridized carbons (Fsp3) is 0.661. The first-order valence-electron chi connectivity index (χ1n) is 28.5. The van der Waals surface area contributed by atoms with Crippen LogP contribution in [0.25, 0.3) is 0 Å². The van der Waals surface area contributed by atoms with Crippen LogP contribution < -0.4 is 21.3 Å². The minimum atomic E-state index is -1.96. The highest BCUT2D eigenvalue weighted by atomic mass is 32.1.